The summed E-state index contributed by atoms with van der Waals surface area (Å²) in [7, 11) is 6.32. The Balaban J connectivity index is 0.00000441. The van der Waals surface area contributed by atoms with Crippen LogP contribution in [0.3, 0.4) is 0 Å². The molecule has 22 atom stereocenters. The van der Waals surface area contributed by atoms with Crippen molar-refractivity contribution in [1.82, 2.24) is 10.2 Å². The number of aliphatic hydroxyl groups is 2. The first-order chi connectivity index (χ1) is 38.6. The van der Waals surface area contributed by atoms with Gasteiger partial charge in [-0.25, -0.2) is 4.79 Å². The topological polar surface area (TPSA) is 294 Å². The minimum atomic E-state index is -1.93. The van der Waals surface area contributed by atoms with Gasteiger partial charge in [-0.05, 0) is 85.6 Å². The van der Waals surface area contributed by atoms with E-state index in [2.05, 4.69) is 22.3 Å². The average molecular weight is 1190 g/mol. The quantitative estimate of drug-likeness (QED) is 0.0582. The number of carbonyl (C=O) groups excluding carboxylic acids is 4. The highest BCUT2D eigenvalue weighted by molar-refractivity contribution is 5.91. The van der Waals surface area contributed by atoms with E-state index in [1.165, 1.54) is 21.3 Å². The van der Waals surface area contributed by atoms with E-state index < -0.39 is 145 Å². The lowest BCUT2D eigenvalue weighted by atomic mass is 9.74. The zero-order chi connectivity index (χ0) is 61.3. The van der Waals surface area contributed by atoms with E-state index in [1.54, 1.807) is 34.6 Å². The summed E-state index contributed by atoms with van der Waals surface area (Å²) in [5.41, 5.74) is -1.63. The zero-order valence-corrected chi connectivity index (χ0v) is 51.7. The van der Waals surface area contributed by atoms with E-state index in [0.29, 0.717) is 31.9 Å². The standard InChI is InChI=1S/C57H99N3O19.CH2O2.CH4/c1-29(2)22-42(61)75-48-36(9)47(31(4)28-71-55-51(68-16)50(67-15)44(62)39(12)74-55)77-53(65)38(11)49(76-43-23-32(5)60(14)27-34(7)72-43)35(8)46(78-54-45(63)41(59-69-17)24-33(6)73-54)30(3)25-57(13,52(64)37(48)10)79-56(66)58-26-40-18-20-70-21-19-40;2-1-3;/h29-40,43-51,54-55,62-63H,18-28H2,1-17H3,(H,58,66);1H,(H,2,3);1H4/b59-41+;;/t30-,31-,32?,33+,34-,35+,36-,37+,38+,39+,43-,44+,45+,46-,47+,48+,49-,50+,51+,54-,55+,57-;;/m0../s1. The van der Waals surface area contributed by atoms with Gasteiger partial charge in [0.15, 0.2) is 30.3 Å². The minimum absolute atomic E-state index is 0. The maximum absolute atomic E-state index is 15.8. The summed E-state index contributed by atoms with van der Waals surface area (Å²) in [5, 5.41) is 36.7. The van der Waals surface area contributed by atoms with Crippen LogP contribution in [0.15, 0.2) is 5.16 Å². The lowest BCUT2D eigenvalue weighted by Crippen LogP contribution is -2.59. The predicted molar refractivity (Wildman–Crippen MR) is 304 cm³/mol. The number of rotatable bonds is 17. The van der Waals surface area contributed by atoms with Crippen molar-refractivity contribution >= 4 is 36.0 Å². The van der Waals surface area contributed by atoms with Crippen LogP contribution in [0, 0.1) is 47.3 Å². The molecule has 482 valence electrons. The second kappa shape index (κ2) is 34.6. The number of amides is 1. The van der Waals surface area contributed by atoms with Gasteiger partial charge in [0.2, 0.25) is 0 Å². The fraction of sp³-hybridized carbons (Fsp3) is 0.898. The molecular weight excluding hydrogens is 1090 g/mol. The fourth-order valence-corrected chi connectivity index (χ4v) is 12.2. The van der Waals surface area contributed by atoms with Crippen molar-refractivity contribution in [2.75, 3.05) is 61.3 Å². The minimum Gasteiger partial charge on any atom is -0.483 e. The molecule has 1 unspecified atom stereocenters. The van der Waals surface area contributed by atoms with Gasteiger partial charge in [0.05, 0.1) is 54.7 Å². The first kappa shape index (κ1) is 73.6. The van der Waals surface area contributed by atoms with Gasteiger partial charge in [-0.3, -0.25) is 19.2 Å². The van der Waals surface area contributed by atoms with Gasteiger partial charge in [0.25, 0.3) is 6.47 Å². The number of Topliss-reactive ketones (excluding diaryl/α,β-unsaturated/α-hetero) is 1. The maximum atomic E-state index is 15.8. The smallest absolute Gasteiger partial charge is 0.408 e. The Morgan fingerprint density at radius 3 is 2.08 bits per heavy atom. The summed E-state index contributed by atoms with van der Waals surface area (Å²) in [4.78, 5) is 75.2. The van der Waals surface area contributed by atoms with E-state index in [4.69, 9.17) is 71.6 Å². The molecule has 0 aromatic rings. The molecule has 5 saturated heterocycles. The van der Waals surface area contributed by atoms with Crippen LogP contribution in [0.1, 0.15) is 136 Å². The molecule has 1 amide bonds. The summed E-state index contributed by atoms with van der Waals surface area (Å²) in [6.45, 7) is 25.1. The Morgan fingerprint density at radius 1 is 0.843 bits per heavy atom. The molecule has 5 fully saturated rings. The average Bonchev–Trinajstić information content (AvgIpc) is 3.76. The van der Waals surface area contributed by atoms with Crippen LogP contribution in [-0.2, 0) is 80.9 Å². The highest BCUT2D eigenvalue weighted by atomic mass is 16.7. The zero-order valence-electron chi connectivity index (χ0n) is 51.7. The van der Waals surface area contributed by atoms with Crippen LogP contribution in [-0.4, -0.2) is 215 Å². The lowest BCUT2D eigenvalue weighted by molar-refractivity contribution is -0.305. The van der Waals surface area contributed by atoms with E-state index in [9.17, 15) is 19.8 Å². The van der Waals surface area contributed by atoms with Crippen molar-refractivity contribution in [3.8, 4) is 0 Å². The second-order valence-corrected chi connectivity index (χ2v) is 24.2. The highest BCUT2D eigenvalue weighted by Gasteiger charge is 2.53. The maximum Gasteiger partial charge on any atom is 0.408 e. The van der Waals surface area contributed by atoms with Crippen LogP contribution in [0.5, 0.6) is 0 Å². The second-order valence-electron chi connectivity index (χ2n) is 24.2. The lowest BCUT2D eigenvalue weighted by Gasteiger charge is -2.45. The van der Waals surface area contributed by atoms with Crippen LogP contribution >= 0.6 is 0 Å². The Bertz CT molecular complexity index is 2020. The van der Waals surface area contributed by atoms with Crippen LogP contribution in [0.4, 0.5) is 4.79 Å². The number of hydrogen-bond acceptors (Lipinski definition) is 22. The number of hydrogen-bond donors (Lipinski definition) is 4. The Kier molecular flexibility index (Phi) is 30.7. The summed E-state index contributed by atoms with van der Waals surface area (Å²) in [5.74, 6) is -7.14. The van der Waals surface area contributed by atoms with Crippen LogP contribution < -0.4 is 5.32 Å². The Labute approximate surface area is 493 Å². The first-order valence-corrected chi connectivity index (χ1v) is 29.3. The van der Waals surface area contributed by atoms with Crippen molar-refractivity contribution < 1.29 is 101 Å². The van der Waals surface area contributed by atoms with E-state index in [0.717, 1.165) is 12.8 Å². The third kappa shape index (κ3) is 20.5. The van der Waals surface area contributed by atoms with Gasteiger partial charge >= 0.3 is 18.0 Å². The normalized spacial score (nSPS) is 39.1. The molecule has 0 radical (unpaired) electrons. The number of nitrogens with zero attached hydrogens (tertiary/aromatic N) is 2. The molecule has 5 heterocycles. The van der Waals surface area contributed by atoms with Gasteiger partial charge in [-0.15, -0.1) is 0 Å². The van der Waals surface area contributed by atoms with E-state index in [-0.39, 0.29) is 70.3 Å². The van der Waals surface area contributed by atoms with Crippen molar-refractivity contribution in [2.45, 2.75) is 234 Å². The summed E-state index contributed by atoms with van der Waals surface area (Å²) in [6, 6.07) is 0.0175. The van der Waals surface area contributed by atoms with Gasteiger partial charge in [-0.1, -0.05) is 61.0 Å². The monoisotopic (exact) mass is 1190 g/mol. The number of alkyl carbamates (subject to hydrolysis) is 1. The molecule has 0 bridgehead atoms. The number of ether oxygens (including phenoxy) is 12. The van der Waals surface area contributed by atoms with E-state index >= 15 is 9.59 Å². The number of aliphatic hydroxyl groups excluding tert-OH is 2. The Morgan fingerprint density at radius 2 is 1.48 bits per heavy atom. The molecule has 5 aliphatic heterocycles. The van der Waals surface area contributed by atoms with Gasteiger partial charge in [0.1, 0.15) is 43.7 Å². The molecule has 0 aromatic heterocycles. The first-order valence-electron chi connectivity index (χ1n) is 29.3. The number of nitrogens with one attached hydrogen (secondary N) is 1. The van der Waals surface area contributed by atoms with Crippen molar-refractivity contribution in [2.24, 2.45) is 52.5 Å². The molecule has 0 saturated carbocycles. The molecule has 5 aliphatic rings. The SMILES string of the molecule is C.CO/N=C1\C[C@@H](C)O[C@@H](O[C@@H]2[C@@H](C)[C@H](O[C@H]3CC(C)N(C)C[C@H](C)O3)[C@@H](C)C(=O)O[C@H]([C@@H](C)CO[C@@H]3O[C@H](C)[C@@H](O)[C@@H](OC)[C@H]3OC)[C@H](C)[C@@H](OC(=O)CC(C)C)[C@@H](C)C(=O)[C@@](C)(OC(=O)NCC3CCOCC3)C[C@@H]2C)[C@@H]1O.O=CO. The van der Waals surface area contributed by atoms with Crippen LogP contribution in [0.2, 0.25) is 0 Å². The fourth-order valence-electron chi connectivity index (χ4n) is 12.2. The summed E-state index contributed by atoms with van der Waals surface area (Å²) >= 11 is 0. The van der Waals surface area contributed by atoms with Crippen molar-refractivity contribution in [3.63, 3.8) is 0 Å². The number of esters is 2. The number of likely N-dealkylation sites (N-methyl/N-ethyl adjacent to an activating group) is 1. The Hall–Kier alpha value is -3.66. The molecule has 83 heavy (non-hydrogen) atoms. The summed E-state index contributed by atoms with van der Waals surface area (Å²) < 4.78 is 76.0. The number of carboxylic acid groups (broad SMARTS) is 1. The molecule has 0 aromatic carbocycles. The number of ketones is 1. The molecule has 4 N–H and O–H groups in total. The highest BCUT2D eigenvalue weighted by Crippen LogP contribution is 2.40. The third-order valence-corrected chi connectivity index (χ3v) is 16.8. The van der Waals surface area contributed by atoms with Gasteiger partial charge < -0.3 is 87.2 Å². The molecule has 0 spiro atoms. The molecule has 24 heteroatoms. The van der Waals surface area contributed by atoms with E-state index in [1.807, 2.05) is 55.5 Å². The third-order valence-electron chi connectivity index (χ3n) is 16.8. The van der Waals surface area contributed by atoms with Crippen molar-refractivity contribution in [3.05, 3.63) is 0 Å². The largest absolute Gasteiger partial charge is 0.483 e. The number of carbonyl (C=O) groups is 5. The number of cyclic esters (lactones) is 1. The number of methoxy groups -OCH3 is 2. The summed E-state index contributed by atoms with van der Waals surface area (Å²) in [6.07, 6.45) is -11.8. The van der Waals surface area contributed by atoms with Gasteiger partial charge in [0, 0.05) is 83.6 Å². The molecule has 0 aliphatic carbocycles. The molecule has 5 rings (SSSR count). The molecular formula is C59H105N3O21. The number of oxime groups is 1. The molecule has 24 nitrogen and oxygen atoms in total. The van der Waals surface area contributed by atoms with Crippen LogP contribution in [0.25, 0.3) is 0 Å². The van der Waals surface area contributed by atoms with Gasteiger partial charge in [-0.2, -0.15) is 0 Å². The van der Waals surface area contributed by atoms with Crippen molar-refractivity contribution in [1.29, 1.82) is 0 Å². The predicted octanol–water partition coefficient (Wildman–Crippen LogP) is 5.77.